The highest BCUT2D eigenvalue weighted by molar-refractivity contribution is 5.56. The van der Waals surface area contributed by atoms with Gasteiger partial charge in [0.15, 0.2) is 0 Å². The maximum absolute atomic E-state index is 9.40. The normalized spacial score (nSPS) is 14.1. The summed E-state index contributed by atoms with van der Waals surface area (Å²) < 4.78 is 10.5. The number of hydrogen-bond acceptors (Lipinski definition) is 6. The van der Waals surface area contributed by atoms with Gasteiger partial charge in [-0.3, -0.25) is 0 Å². The fourth-order valence-corrected chi connectivity index (χ4v) is 1.59. The summed E-state index contributed by atoms with van der Waals surface area (Å²) in [6.07, 6.45) is -0.747. The van der Waals surface area contributed by atoms with Crippen molar-refractivity contribution in [3.8, 4) is 17.1 Å². The lowest BCUT2D eigenvalue weighted by Gasteiger charge is -2.08. The average molecular weight is 263 g/mol. The molecule has 0 aliphatic rings. The van der Waals surface area contributed by atoms with Crippen LogP contribution in [0, 0.1) is 0 Å². The Kier molecular flexibility index (Phi) is 4.13. The van der Waals surface area contributed by atoms with Crippen LogP contribution in [0.1, 0.15) is 25.8 Å². The van der Waals surface area contributed by atoms with Crippen LogP contribution < -0.4 is 10.5 Å². The predicted octanol–water partition coefficient (Wildman–Crippen LogP) is 1.52. The van der Waals surface area contributed by atoms with Crippen molar-refractivity contribution in [3.05, 3.63) is 30.2 Å². The van der Waals surface area contributed by atoms with Crippen LogP contribution in [0.25, 0.3) is 11.4 Å². The van der Waals surface area contributed by atoms with Gasteiger partial charge in [0.2, 0.25) is 11.7 Å². The molecule has 19 heavy (non-hydrogen) atoms. The topological polar surface area (TPSA) is 94.4 Å². The molecule has 1 aromatic heterocycles. The van der Waals surface area contributed by atoms with Gasteiger partial charge < -0.3 is 20.1 Å². The molecule has 0 fully saturated rings. The highest BCUT2D eigenvalue weighted by Crippen LogP contribution is 2.23. The largest absolute Gasteiger partial charge is 0.494 e. The zero-order valence-corrected chi connectivity index (χ0v) is 10.9. The van der Waals surface area contributed by atoms with Crippen molar-refractivity contribution in [1.82, 2.24) is 10.1 Å². The molecule has 0 aliphatic heterocycles. The SMILES string of the molecule is CCOc1cccc(-c2noc(C(N)C(C)O)n2)c1. The molecule has 0 spiro atoms. The molecule has 3 N–H and O–H groups in total. The Labute approximate surface area is 111 Å². The van der Waals surface area contributed by atoms with Gasteiger partial charge in [-0.25, -0.2) is 0 Å². The maximum Gasteiger partial charge on any atom is 0.246 e. The second kappa shape index (κ2) is 5.81. The van der Waals surface area contributed by atoms with Crippen molar-refractivity contribution >= 4 is 0 Å². The molecule has 2 atom stereocenters. The lowest BCUT2D eigenvalue weighted by molar-refractivity contribution is 0.146. The van der Waals surface area contributed by atoms with Gasteiger partial charge >= 0.3 is 0 Å². The van der Waals surface area contributed by atoms with E-state index in [4.69, 9.17) is 15.0 Å². The third-order valence-corrected chi connectivity index (χ3v) is 2.65. The summed E-state index contributed by atoms with van der Waals surface area (Å²) in [7, 11) is 0. The molecular formula is C13H17N3O3. The summed E-state index contributed by atoms with van der Waals surface area (Å²) in [5.74, 6) is 1.38. The Morgan fingerprint density at radius 2 is 2.26 bits per heavy atom. The van der Waals surface area contributed by atoms with Crippen LogP contribution in [-0.2, 0) is 0 Å². The number of nitrogens with two attached hydrogens (primary N) is 1. The van der Waals surface area contributed by atoms with E-state index in [1.807, 2.05) is 31.2 Å². The van der Waals surface area contributed by atoms with E-state index in [1.165, 1.54) is 0 Å². The summed E-state index contributed by atoms with van der Waals surface area (Å²) in [6, 6.07) is 6.70. The highest BCUT2D eigenvalue weighted by atomic mass is 16.5. The van der Waals surface area contributed by atoms with Gasteiger partial charge in [0.1, 0.15) is 11.8 Å². The number of aromatic nitrogens is 2. The molecule has 1 aromatic carbocycles. The minimum Gasteiger partial charge on any atom is -0.494 e. The molecule has 6 nitrogen and oxygen atoms in total. The molecule has 2 unspecified atom stereocenters. The Morgan fingerprint density at radius 1 is 1.47 bits per heavy atom. The lowest BCUT2D eigenvalue weighted by Crippen LogP contribution is -2.23. The van der Waals surface area contributed by atoms with Crippen molar-refractivity contribution in [2.75, 3.05) is 6.61 Å². The number of rotatable bonds is 5. The highest BCUT2D eigenvalue weighted by Gasteiger charge is 2.20. The van der Waals surface area contributed by atoms with Gasteiger partial charge in [-0.2, -0.15) is 4.98 Å². The summed E-state index contributed by atoms with van der Waals surface area (Å²) in [6.45, 7) is 4.08. The third-order valence-electron chi connectivity index (χ3n) is 2.65. The van der Waals surface area contributed by atoms with Crippen LogP contribution in [0.2, 0.25) is 0 Å². The van der Waals surface area contributed by atoms with Gasteiger partial charge in [0.25, 0.3) is 0 Å². The van der Waals surface area contributed by atoms with Crippen molar-refractivity contribution in [3.63, 3.8) is 0 Å². The first-order chi connectivity index (χ1) is 9.11. The van der Waals surface area contributed by atoms with E-state index in [2.05, 4.69) is 10.1 Å². The number of nitrogens with zero attached hydrogens (tertiary/aromatic N) is 2. The van der Waals surface area contributed by atoms with Crippen molar-refractivity contribution in [1.29, 1.82) is 0 Å². The van der Waals surface area contributed by atoms with E-state index in [9.17, 15) is 5.11 Å². The Bertz CT molecular complexity index is 539. The number of aliphatic hydroxyl groups is 1. The standard InChI is InChI=1S/C13H17N3O3/c1-3-18-10-6-4-5-9(7-10)12-15-13(19-16-12)11(14)8(2)17/h4-8,11,17H,3,14H2,1-2H3. The molecule has 0 saturated carbocycles. The summed E-state index contributed by atoms with van der Waals surface area (Å²) in [5.41, 5.74) is 6.51. The first-order valence-corrected chi connectivity index (χ1v) is 6.12. The molecular weight excluding hydrogens is 246 g/mol. The number of benzene rings is 1. The zero-order chi connectivity index (χ0) is 13.8. The molecule has 0 bridgehead atoms. The van der Waals surface area contributed by atoms with Gasteiger partial charge in [0, 0.05) is 5.56 Å². The van der Waals surface area contributed by atoms with Crippen LogP contribution in [0.3, 0.4) is 0 Å². The third kappa shape index (κ3) is 3.10. The average Bonchev–Trinajstić information content (AvgIpc) is 2.88. The Morgan fingerprint density at radius 3 is 2.95 bits per heavy atom. The fraction of sp³-hybridized carbons (Fsp3) is 0.385. The minimum atomic E-state index is -0.747. The quantitative estimate of drug-likeness (QED) is 0.849. The molecule has 2 rings (SSSR count). The molecule has 0 amide bonds. The first kappa shape index (κ1) is 13.5. The molecule has 1 heterocycles. The Hall–Kier alpha value is -1.92. The smallest absolute Gasteiger partial charge is 0.246 e. The van der Waals surface area contributed by atoms with Gasteiger partial charge in [-0.05, 0) is 26.0 Å². The number of ether oxygens (including phenoxy) is 1. The predicted molar refractivity (Wildman–Crippen MR) is 69.5 cm³/mol. The molecule has 102 valence electrons. The zero-order valence-electron chi connectivity index (χ0n) is 10.9. The maximum atomic E-state index is 9.40. The van der Waals surface area contributed by atoms with Crippen LogP contribution in [0.4, 0.5) is 0 Å². The summed E-state index contributed by atoms with van der Waals surface area (Å²) in [5, 5.41) is 13.3. The first-order valence-electron chi connectivity index (χ1n) is 6.12. The Balaban J connectivity index is 2.25. The van der Waals surface area contributed by atoms with Crippen molar-refractivity contribution < 1.29 is 14.4 Å². The van der Waals surface area contributed by atoms with Crippen LogP contribution >= 0.6 is 0 Å². The van der Waals surface area contributed by atoms with Gasteiger partial charge in [0.05, 0.1) is 12.7 Å². The minimum absolute atomic E-state index is 0.215. The van der Waals surface area contributed by atoms with Crippen molar-refractivity contribution in [2.24, 2.45) is 5.73 Å². The van der Waals surface area contributed by atoms with E-state index in [1.54, 1.807) is 6.92 Å². The van der Waals surface area contributed by atoms with Crippen LogP contribution in [0.5, 0.6) is 5.75 Å². The van der Waals surface area contributed by atoms with E-state index in [0.29, 0.717) is 12.4 Å². The number of hydrogen-bond donors (Lipinski definition) is 2. The molecule has 6 heteroatoms. The van der Waals surface area contributed by atoms with Gasteiger partial charge in [-0.15, -0.1) is 0 Å². The molecule has 2 aromatic rings. The molecule has 0 aliphatic carbocycles. The lowest BCUT2D eigenvalue weighted by atomic mass is 10.2. The fourth-order valence-electron chi connectivity index (χ4n) is 1.59. The van der Waals surface area contributed by atoms with Crippen LogP contribution in [0.15, 0.2) is 28.8 Å². The summed E-state index contributed by atoms with van der Waals surface area (Å²) in [4.78, 5) is 4.18. The summed E-state index contributed by atoms with van der Waals surface area (Å²) >= 11 is 0. The van der Waals surface area contributed by atoms with E-state index in [0.717, 1.165) is 11.3 Å². The molecule has 0 saturated heterocycles. The second-order valence-corrected chi connectivity index (χ2v) is 4.18. The monoisotopic (exact) mass is 263 g/mol. The van der Waals surface area contributed by atoms with E-state index >= 15 is 0 Å². The van der Waals surface area contributed by atoms with Gasteiger partial charge in [-0.1, -0.05) is 17.3 Å². The van der Waals surface area contributed by atoms with Crippen LogP contribution in [-0.4, -0.2) is 28.0 Å². The molecule has 0 radical (unpaired) electrons. The second-order valence-electron chi connectivity index (χ2n) is 4.18. The van der Waals surface area contributed by atoms with E-state index in [-0.39, 0.29) is 5.89 Å². The van der Waals surface area contributed by atoms with Crippen molar-refractivity contribution in [2.45, 2.75) is 26.0 Å². The van der Waals surface area contributed by atoms with E-state index < -0.39 is 12.1 Å². The number of aliphatic hydroxyl groups excluding tert-OH is 1.